The molecule has 0 saturated heterocycles. The molecular formula is C12H15N3O2. The van der Waals surface area contributed by atoms with Crippen LogP contribution < -0.4 is 15.2 Å². The van der Waals surface area contributed by atoms with Crippen molar-refractivity contribution >= 4 is 5.82 Å². The number of ether oxygens (including phenoxy) is 2. The highest BCUT2D eigenvalue weighted by Crippen LogP contribution is 2.18. The minimum atomic E-state index is 0.501. The van der Waals surface area contributed by atoms with Crippen molar-refractivity contribution in [1.29, 1.82) is 0 Å². The number of nitrogens with one attached hydrogen (secondary N) is 1. The fraction of sp³-hybridized carbons (Fsp3) is 0.250. The van der Waals surface area contributed by atoms with Gasteiger partial charge in [-0.2, -0.15) is 5.10 Å². The third kappa shape index (κ3) is 3.14. The zero-order valence-electron chi connectivity index (χ0n) is 9.64. The average molecular weight is 233 g/mol. The van der Waals surface area contributed by atoms with Gasteiger partial charge < -0.3 is 15.2 Å². The van der Waals surface area contributed by atoms with Crippen LogP contribution in [0.4, 0.5) is 5.82 Å². The largest absolute Gasteiger partial charge is 0.497 e. The van der Waals surface area contributed by atoms with Crippen LogP contribution in [0.3, 0.4) is 0 Å². The molecule has 0 amide bonds. The number of hydrogen-bond donors (Lipinski definition) is 2. The minimum Gasteiger partial charge on any atom is -0.497 e. The molecule has 0 unspecified atom stereocenters. The van der Waals surface area contributed by atoms with Gasteiger partial charge >= 0.3 is 0 Å². The molecule has 0 aliphatic heterocycles. The fourth-order valence-electron chi connectivity index (χ4n) is 1.48. The molecule has 5 nitrogen and oxygen atoms in total. The first-order chi connectivity index (χ1) is 8.28. The van der Waals surface area contributed by atoms with E-state index in [1.165, 1.54) is 0 Å². The van der Waals surface area contributed by atoms with Crippen LogP contribution in [0, 0.1) is 0 Å². The van der Waals surface area contributed by atoms with E-state index in [4.69, 9.17) is 15.2 Å². The summed E-state index contributed by atoms with van der Waals surface area (Å²) in [7, 11) is 1.63. The molecule has 2 rings (SSSR count). The van der Waals surface area contributed by atoms with Crippen LogP contribution >= 0.6 is 0 Å². The number of nitrogens with zero attached hydrogens (tertiary/aromatic N) is 1. The monoisotopic (exact) mass is 233 g/mol. The Morgan fingerprint density at radius 2 is 2.12 bits per heavy atom. The molecule has 3 N–H and O–H groups in total. The van der Waals surface area contributed by atoms with Crippen molar-refractivity contribution in [3.8, 4) is 11.5 Å². The van der Waals surface area contributed by atoms with Gasteiger partial charge in [-0.1, -0.05) is 6.07 Å². The molecule has 0 aliphatic carbocycles. The number of aromatic amines is 1. The van der Waals surface area contributed by atoms with E-state index in [0.29, 0.717) is 12.4 Å². The summed E-state index contributed by atoms with van der Waals surface area (Å²) in [4.78, 5) is 0. The number of aromatic nitrogens is 2. The summed E-state index contributed by atoms with van der Waals surface area (Å²) in [6.45, 7) is 0.564. The molecule has 0 fully saturated rings. The molecule has 0 aliphatic rings. The first kappa shape index (κ1) is 11.3. The van der Waals surface area contributed by atoms with Gasteiger partial charge in [0.1, 0.15) is 17.3 Å². The molecule has 5 heteroatoms. The van der Waals surface area contributed by atoms with Crippen molar-refractivity contribution in [3.05, 3.63) is 36.0 Å². The lowest BCUT2D eigenvalue weighted by Crippen LogP contribution is -2.01. The second kappa shape index (κ2) is 5.25. The van der Waals surface area contributed by atoms with Crippen LogP contribution in [0.25, 0.3) is 0 Å². The lowest BCUT2D eigenvalue weighted by atomic mass is 10.3. The van der Waals surface area contributed by atoms with Crippen molar-refractivity contribution < 1.29 is 9.47 Å². The van der Waals surface area contributed by atoms with E-state index in [9.17, 15) is 0 Å². The SMILES string of the molecule is COc1cccc(OCCc2cc(N)n[nH]2)c1. The van der Waals surface area contributed by atoms with Crippen molar-refractivity contribution in [2.45, 2.75) is 6.42 Å². The maximum atomic E-state index is 5.59. The Morgan fingerprint density at radius 3 is 2.82 bits per heavy atom. The summed E-state index contributed by atoms with van der Waals surface area (Å²) in [6, 6.07) is 9.31. The van der Waals surface area contributed by atoms with Crippen molar-refractivity contribution in [3.63, 3.8) is 0 Å². The quantitative estimate of drug-likeness (QED) is 0.823. The number of anilines is 1. The second-order valence-corrected chi connectivity index (χ2v) is 3.60. The topological polar surface area (TPSA) is 73.2 Å². The molecule has 0 saturated carbocycles. The van der Waals surface area contributed by atoms with Gasteiger partial charge in [-0.25, -0.2) is 0 Å². The average Bonchev–Trinajstić information content (AvgIpc) is 2.75. The van der Waals surface area contributed by atoms with Gasteiger partial charge in [-0.3, -0.25) is 5.10 Å². The fourth-order valence-corrected chi connectivity index (χ4v) is 1.48. The molecule has 0 atom stereocenters. The number of hydrogen-bond acceptors (Lipinski definition) is 4. The molecular weight excluding hydrogens is 218 g/mol. The summed E-state index contributed by atoms with van der Waals surface area (Å²) in [5.41, 5.74) is 6.46. The van der Waals surface area contributed by atoms with Gasteiger partial charge in [0.05, 0.1) is 13.7 Å². The van der Waals surface area contributed by atoms with E-state index in [-0.39, 0.29) is 0 Å². The Labute approximate surface area is 99.5 Å². The number of nitrogen functional groups attached to an aromatic ring is 1. The number of nitrogens with two attached hydrogens (primary N) is 1. The Morgan fingerprint density at radius 1 is 1.29 bits per heavy atom. The lowest BCUT2D eigenvalue weighted by Gasteiger charge is -2.06. The number of benzene rings is 1. The highest BCUT2D eigenvalue weighted by molar-refractivity contribution is 5.33. The zero-order chi connectivity index (χ0) is 12.1. The molecule has 0 bridgehead atoms. The molecule has 0 radical (unpaired) electrons. The lowest BCUT2D eigenvalue weighted by molar-refractivity contribution is 0.317. The van der Waals surface area contributed by atoms with E-state index in [2.05, 4.69) is 10.2 Å². The van der Waals surface area contributed by atoms with Crippen LogP contribution in [0.2, 0.25) is 0 Å². The number of rotatable bonds is 5. The van der Waals surface area contributed by atoms with Crippen LogP contribution in [0.15, 0.2) is 30.3 Å². The van der Waals surface area contributed by atoms with Crippen LogP contribution in [-0.4, -0.2) is 23.9 Å². The third-order valence-electron chi connectivity index (χ3n) is 2.33. The molecule has 0 spiro atoms. The van der Waals surface area contributed by atoms with Crippen LogP contribution in [0.1, 0.15) is 5.69 Å². The highest BCUT2D eigenvalue weighted by atomic mass is 16.5. The first-order valence-corrected chi connectivity index (χ1v) is 5.34. The van der Waals surface area contributed by atoms with Gasteiger partial charge in [0.15, 0.2) is 0 Å². The second-order valence-electron chi connectivity index (χ2n) is 3.60. The van der Waals surface area contributed by atoms with Crippen LogP contribution in [-0.2, 0) is 6.42 Å². The maximum absolute atomic E-state index is 5.59. The van der Waals surface area contributed by atoms with E-state index in [0.717, 1.165) is 23.6 Å². The Kier molecular flexibility index (Phi) is 3.49. The molecule has 1 aromatic heterocycles. The van der Waals surface area contributed by atoms with Crippen molar-refractivity contribution in [2.75, 3.05) is 19.5 Å². The van der Waals surface area contributed by atoms with Gasteiger partial charge in [-0.05, 0) is 12.1 Å². The molecule has 90 valence electrons. The van der Waals surface area contributed by atoms with Crippen LogP contribution in [0.5, 0.6) is 11.5 Å². The van der Waals surface area contributed by atoms with E-state index < -0.39 is 0 Å². The third-order valence-corrected chi connectivity index (χ3v) is 2.33. The molecule has 2 aromatic rings. The van der Waals surface area contributed by atoms with Gasteiger partial charge in [0.25, 0.3) is 0 Å². The highest BCUT2D eigenvalue weighted by Gasteiger charge is 2.00. The predicted octanol–water partition coefficient (Wildman–Crippen LogP) is 1.62. The maximum Gasteiger partial charge on any atom is 0.145 e. The van der Waals surface area contributed by atoms with E-state index in [1.54, 1.807) is 13.2 Å². The molecule has 17 heavy (non-hydrogen) atoms. The zero-order valence-corrected chi connectivity index (χ0v) is 9.64. The molecule has 1 heterocycles. The summed E-state index contributed by atoms with van der Waals surface area (Å²) in [5.74, 6) is 2.08. The molecule has 1 aromatic carbocycles. The number of H-pyrrole nitrogens is 1. The summed E-state index contributed by atoms with van der Waals surface area (Å²) >= 11 is 0. The predicted molar refractivity (Wildman–Crippen MR) is 65.2 cm³/mol. The standard InChI is InChI=1S/C12H15N3O2/c1-16-10-3-2-4-11(8-10)17-6-5-9-7-12(13)15-14-9/h2-4,7-8H,5-6H2,1H3,(H3,13,14,15). The Bertz CT molecular complexity index is 482. The summed E-state index contributed by atoms with van der Waals surface area (Å²) in [6.07, 6.45) is 0.738. The van der Waals surface area contributed by atoms with E-state index in [1.807, 2.05) is 24.3 Å². The van der Waals surface area contributed by atoms with E-state index >= 15 is 0 Å². The first-order valence-electron chi connectivity index (χ1n) is 5.34. The Balaban J connectivity index is 1.85. The van der Waals surface area contributed by atoms with Crippen molar-refractivity contribution in [1.82, 2.24) is 10.2 Å². The minimum absolute atomic E-state index is 0.501. The number of methoxy groups -OCH3 is 1. The summed E-state index contributed by atoms with van der Waals surface area (Å²) < 4.78 is 10.7. The normalized spacial score (nSPS) is 10.2. The van der Waals surface area contributed by atoms with Crippen molar-refractivity contribution in [2.24, 2.45) is 0 Å². The van der Waals surface area contributed by atoms with Gasteiger partial charge in [-0.15, -0.1) is 0 Å². The smallest absolute Gasteiger partial charge is 0.145 e. The summed E-state index contributed by atoms with van der Waals surface area (Å²) in [5, 5.41) is 6.68. The van der Waals surface area contributed by atoms with Gasteiger partial charge in [0, 0.05) is 24.2 Å². The van der Waals surface area contributed by atoms with Gasteiger partial charge in [0.2, 0.25) is 0 Å². The Hall–Kier alpha value is -2.17.